The first-order valence-electron chi connectivity index (χ1n) is 5.98. The molecule has 0 heterocycles. The van der Waals surface area contributed by atoms with Gasteiger partial charge in [0.25, 0.3) is 0 Å². The molecule has 0 fully saturated rings. The summed E-state index contributed by atoms with van der Waals surface area (Å²) in [5, 5.41) is 0. The van der Waals surface area contributed by atoms with E-state index in [-0.39, 0.29) is 13.0 Å². The Balaban J connectivity index is 4.58. The molecule has 0 aliphatic rings. The van der Waals surface area contributed by atoms with Crippen LogP contribution in [0.2, 0.25) is 0 Å². The molecule has 0 aromatic carbocycles. The number of halogens is 3. The molecule has 0 rings (SSSR count). The van der Waals surface area contributed by atoms with Crippen molar-refractivity contribution in [3.8, 4) is 0 Å². The predicted molar refractivity (Wildman–Crippen MR) is 63.9 cm³/mol. The van der Waals surface area contributed by atoms with Crippen LogP contribution < -0.4 is 5.73 Å². The molecule has 0 spiro atoms. The van der Waals surface area contributed by atoms with E-state index >= 15 is 0 Å². The smallest absolute Gasteiger partial charge is 0.330 e. The average Bonchev–Trinajstić information content (AvgIpc) is 2.19. The van der Waals surface area contributed by atoms with Crippen LogP contribution >= 0.6 is 0 Å². The number of likely N-dealkylation sites (N-methyl/N-ethyl adjacent to an activating group) is 1. The van der Waals surface area contributed by atoms with E-state index in [1.807, 2.05) is 25.9 Å². The molecule has 1 atom stereocenters. The van der Waals surface area contributed by atoms with Crippen molar-refractivity contribution < 1.29 is 13.2 Å². The summed E-state index contributed by atoms with van der Waals surface area (Å²) < 4.78 is 38.7. The zero-order chi connectivity index (χ0) is 13.5. The molecule has 0 bridgehead atoms. The topological polar surface area (TPSA) is 32.5 Å². The fraction of sp³-hybridized carbons (Fsp3) is 1.00. The first-order valence-corrected chi connectivity index (χ1v) is 5.98. The summed E-state index contributed by atoms with van der Waals surface area (Å²) in [6, 6.07) is -1.41. The van der Waals surface area contributed by atoms with Gasteiger partial charge in [0.15, 0.2) is 0 Å². The third kappa shape index (κ3) is 6.85. The highest BCUT2D eigenvalue weighted by Crippen LogP contribution is 2.27. The maximum Gasteiger partial charge on any atom is 0.404 e. The normalized spacial score (nSPS) is 14.6. The Morgan fingerprint density at radius 2 is 1.71 bits per heavy atom. The lowest BCUT2D eigenvalue weighted by atomic mass is 10.1. The molecular weight excluding hydrogens is 231 g/mol. The third-order valence-electron chi connectivity index (χ3n) is 2.60. The van der Waals surface area contributed by atoms with Crippen molar-refractivity contribution >= 4 is 0 Å². The van der Waals surface area contributed by atoms with E-state index in [1.165, 1.54) is 4.90 Å². The van der Waals surface area contributed by atoms with Crippen molar-refractivity contribution in [3.05, 3.63) is 0 Å². The number of nitrogens with zero attached hydrogens (tertiary/aromatic N) is 2. The molecule has 3 nitrogen and oxygen atoms in total. The lowest BCUT2D eigenvalue weighted by molar-refractivity contribution is -0.185. The van der Waals surface area contributed by atoms with Gasteiger partial charge in [-0.05, 0) is 40.0 Å². The number of hydrogen-bond donors (Lipinski definition) is 1. The number of nitrogens with two attached hydrogens (primary N) is 1. The van der Waals surface area contributed by atoms with Gasteiger partial charge in [0, 0.05) is 13.1 Å². The van der Waals surface area contributed by atoms with Crippen molar-refractivity contribution in [3.63, 3.8) is 0 Å². The number of rotatable bonds is 8. The second kappa shape index (κ2) is 7.89. The third-order valence-corrected chi connectivity index (χ3v) is 2.60. The molecular formula is C11H24F3N3. The Bertz CT molecular complexity index is 195. The molecule has 1 unspecified atom stereocenters. The molecule has 0 aromatic rings. The van der Waals surface area contributed by atoms with Crippen LogP contribution in [-0.2, 0) is 0 Å². The summed E-state index contributed by atoms with van der Waals surface area (Å²) in [7, 11) is 3.71. The van der Waals surface area contributed by atoms with E-state index in [9.17, 15) is 13.2 Å². The zero-order valence-corrected chi connectivity index (χ0v) is 10.9. The first kappa shape index (κ1) is 16.7. The number of alkyl halides is 3. The van der Waals surface area contributed by atoms with Crippen LogP contribution in [0.4, 0.5) is 13.2 Å². The highest BCUT2D eigenvalue weighted by atomic mass is 19.4. The summed E-state index contributed by atoms with van der Waals surface area (Å²) in [5.41, 5.74) is 5.28. The van der Waals surface area contributed by atoms with Gasteiger partial charge in [-0.2, -0.15) is 13.2 Å². The molecule has 0 aliphatic heterocycles. The second-order valence-corrected chi connectivity index (χ2v) is 4.47. The Morgan fingerprint density at radius 1 is 1.12 bits per heavy atom. The molecule has 0 amide bonds. The second-order valence-electron chi connectivity index (χ2n) is 4.47. The molecule has 0 saturated heterocycles. The Labute approximate surface area is 102 Å². The van der Waals surface area contributed by atoms with Crippen LogP contribution in [0.15, 0.2) is 0 Å². The quantitative estimate of drug-likeness (QED) is 0.714. The van der Waals surface area contributed by atoms with Crippen molar-refractivity contribution in [1.82, 2.24) is 9.80 Å². The fourth-order valence-corrected chi connectivity index (χ4v) is 1.75. The molecule has 0 aromatic heterocycles. The van der Waals surface area contributed by atoms with Crippen LogP contribution in [-0.4, -0.2) is 62.3 Å². The lowest BCUT2D eigenvalue weighted by Gasteiger charge is -2.33. The highest BCUT2D eigenvalue weighted by molar-refractivity contribution is 4.79. The minimum atomic E-state index is -4.19. The first-order chi connectivity index (χ1) is 7.82. The van der Waals surface area contributed by atoms with Gasteiger partial charge in [-0.1, -0.05) is 6.92 Å². The van der Waals surface area contributed by atoms with Crippen LogP contribution in [0, 0.1) is 0 Å². The van der Waals surface area contributed by atoms with E-state index in [0.717, 1.165) is 0 Å². The maximum absolute atomic E-state index is 12.9. The van der Waals surface area contributed by atoms with Crippen molar-refractivity contribution in [1.29, 1.82) is 0 Å². The van der Waals surface area contributed by atoms with Crippen LogP contribution in [0.1, 0.15) is 19.8 Å². The standard InChI is InChI=1S/C11H24F3N3/c1-4-7-17(9-8-16(2)3)10(5-6-15)11(12,13)14/h10H,4-9,15H2,1-3H3. The van der Waals surface area contributed by atoms with E-state index in [2.05, 4.69) is 0 Å². The van der Waals surface area contributed by atoms with Gasteiger partial charge in [0.1, 0.15) is 6.04 Å². The van der Waals surface area contributed by atoms with Gasteiger partial charge < -0.3 is 10.6 Å². The Morgan fingerprint density at radius 3 is 2.06 bits per heavy atom. The van der Waals surface area contributed by atoms with Gasteiger partial charge in [0.2, 0.25) is 0 Å². The fourth-order valence-electron chi connectivity index (χ4n) is 1.75. The maximum atomic E-state index is 12.9. The Kier molecular flexibility index (Phi) is 7.74. The van der Waals surface area contributed by atoms with Crippen molar-refractivity contribution in [2.75, 3.05) is 40.3 Å². The predicted octanol–water partition coefficient (Wildman–Crippen LogP) is 1.54. The SMILES string of the molecule is CCCN(CCN(C)C)C(CCN)C(F)(F)F. The van der Waals surface area contributed by atoms with Gasteiger partial charge in [-0.3, -0.25) is 4.90 Å². The molecule has 2 N–H and O–H groups in total. The summed E-state index contributed by atoms with van der Waals surface area (Å²) in [5.74, 6) is 0. The largest absolute Gasteiger partial charge is 0.404 e. The van der Waals surface area contributed by atoms with Gasteiger partial charge >= 0.3 is 6.18 Å². The van der Waals surface area contributed by atoms with E-state index in [0.29, 0.717) is 26.1 Å². The van der Waals surface area contributed by atoms with E-state index in [1.54, 1.807) is 0 Å². The number of hydrogen-bond acceptors (Lipinski definition) is 3. The van der Waals surface area contributed by atoms with E-state index < -0.39 is 12.2 Å². The zero-order valence-electron chi connectivity index (χ0n) is 10.9. The van der Waals surface area contributed by atoms with Crippen LogP contribution in [0.5, 0.6) is 0 Å². The molecule has 0 saturated carbocycles. The highest BCUT2D eigenvalue weighted by Gasteiger charge is 2.42. The summed E-state index contributed by atoms with van der Waals surface area (Å²) in [6.45, 7) is 3.45. The Hall–Kier alpha value is -0.330. The minimum Gasteiger partial charge on any atom is -0.330 e. The van der Waals surface area contributed by atoms with Crippen molar-refractivity contribution in [2.45, 2.75) is 32.0 Å². The van der Waals surface area contributed by atoms with Crippen LogP contribution in [0.25, 0.3) is 0 Å². The minimum absolute atomic E-state index is 0.0308. The summed E-state index contributed by atoms with van der Waals surface area (Å²) >= 11 is 0. The van der Waals surface area contributed by atoms with Gasteiger partial charge in [-0.15, -0.1) is 0 Å². The average molecular weight is 255 g/mol. The van der Waals surface area contributed by atoms with Crippen molar-refractivity contribution in [2.24, 2.45) is 5.73 Å². The van der Waals surface area contributed by atoms with Gasteiger partial charge in [0.05, 0.1) is 0 Å². The van der Waals surface area contributed by atoms with E-state index in [4.69, 9.17) is 5.73 Å². The molecule has 6 heteroatoms. The summed E-state index contributed by atoms with van der Waals surface area (Å²) in [4.78, 5) is 3.38. The molecule has 104 valence electrons. The molecule has 0 aliphatic carbocycles. The molecule has 0 radical (unpaired) electrons. The van der Waals surface area contributed by atoms with Crippen LogP contribution in [0.3, 0.4) is 0 Å². The monoisotopic (exact) mass is 255 g/mol. The molecule has 17 heavy (non-hydrogen) atoms. The van der Waals surface area contributed by atoms with Gasteiger partial charge in [-0.25, -0.2) is 0 Å². The lowest BCUT2D eigenvalue weighted by Crippen LogP contribution is -2.49. The summed E-state index contributed by atoms with van der Waals surface area (Å²) in [6.07, 6.45) is -3.51.